The molecule has 2 N–H and O–H groups in total. The van der Waals surface area contributed by atoms with Crippen molar-refractivity contribution in [2.75, 3.05) is 5.32 Å². The zero-order valence-corrected chi connectivity index (χ0v) is 12.1. The molecular weight excluding hydrogens is 272 g/mol. The zero-order valence-electron chi connectivity index (χ0n) is 11.3. The number of carbonyl (C=O) groups is 1. The number of aryl methyl sites for hydroxylation is 2. The summed E-state index contributed by atoms with van der Waals surface area (Å²) in [7, 11) is 0. The van der Waals surface area contributed by atoms with Crippen molar-refractivity contribution < 1.29 is 9.21 Å². The summed E-state index contributed by atoms with van der Waals surface area (Å²) in [5.74, 6) is 1.64. The topological polar surface area (TPSA) is 54.3 Å². The Hall–Kier alpha value is -1.75. The second kappa shape index (κ2) is 4.38. The number of rotatable bonds is 1. The van der Waals surface area contributed by atoms with Crippen molar-refractivity contribution in [3.8, 4) is 0 Å². The second-order valence-corrected chi connectivity index (χ2v) is 6.52. The van der Waals surface area contributed by atoms with Crippen molar-refractivity contribution in [3.63, 3.8) is 0 Å². The third-order valence-electron chi connectivity index (χ3n) is 3.99. The van der Waals surface area contributed by atoms with Crippen LogP contribution in [0.4, 0.5) is 5.00 Å². The van der Waals surface area contributed by atoms with Gasteiger partial charge in [0.15, 0.2) is 6.17 Å². The normalized spacial score (nSPS) is 20.9. The van der Waals surface area contributed by atoms with Gasteiger partial charge in [0.25, 0.3) is 5.91 Å². The highest BCUT2D eigenvalue weighted by molar-refractivity contribution is 7.16. The lowest BCUT2D eigenvalue weighted by molar-refractivity contribution is 0.0930. The van der Waals surface area contributed by atoms with Crippen LogP contribution in [0.5, 0.6) is 0 Å². The van der Waals surface area contributed by atoms with Crippen LogP contribution in [0.3, 0.4) is 0 Å². The summed E-state index contributed by atoms with van der Waals surface area (Å²) in [4.78, 5) is 13.8. The molecule has 2 aromatic rings. The lowest BCUT2D eigenvalue weighted by Gasteiger charge is -2.24. The Bertz CT molecular complexity index is 686. The molecule has 0 spiro atoms. The minimum Gasteiger partial charge on any atom is -0.462 e. The lowest BCUT2D eigenvalue weighted by atomic mass is 9.94. The van der Waals surface area contributed by atoms with E-state index in [1.165, 1.54) is 23.3 Å². The number of fused-ring (bicyclic) bond motifs is 3. The Kier molecular flexibility index (Phi) is 2.63. The quantitative estimate of drug-likeness (QED) is 0.845. The van der Waals surface area contributed by atoms with E-state index in [1.807, 2.05) is 19.1 Å². The molecule has 0 bridgehead atoms. The number of furan rings is 1. The second-order valence-electron chi connectivity index (χ2n) is 5.41. The first kappa shape index (κ1) is 12.0. The van der Waals surface area contributed by atoms with Gasteiger partial charge in [0.05, 0.1) is 5.56 Å². The molecule has 1 aliphatic heterocycles. The molecule has 1 atom stereocenters. The number of hydrogen-bond acceptors (Lipinski definition) is 4. The number of thiophene rings is 1. The Labute approximate surface area is 121 Å². The van der Waals surface area contributed by atoms with Crippen LogP contribution < -0.4 is 10.6 Å². The van der Waals surface area contributed by atoms with Crippen LogP contribution >= 0.6 is 11.3 Å². The average molecular weight is 288 g/mol. The van der Waals surface area contributed by atoms with Crippen LogP contribution in [0, 0.1) is 6.92 Å². The van der Waals surface area contributed by atoms with Crippen LogP contribution in [0.25, 0.3) is 0 Å². The molecule has 0 saturated heterocycles. The van der Waals surface area contributed by atoms with Crippen LogP contribution in [-0.2, 0) is 12.8 Å². The summed E-state index contributed by atoms with van der Waals surface area (Å²) in [5, 5.41) is 7.41. The number of anilines is 1. The third-order valence-corrected chi connectivity index (χ3v) is 5.22. The highest BCUT2D eigenvalue weighted by Crippen LogP contribution is 2.41. The van der Waals surface area contributed by atoms with E-state index in [-0.39, 0.29) is 12.1 Å². The first-order chi connectivity index (χ1) is 9.72. The van der Waals surface area contributed by atoms with E-state index >= 15 is 0 Å². The molecule has 2 aliphatic rings. The molecule has 20 heavy (non-hydrogen) atoms. The molecular formula is C15H16N2O2S. The average Bonchev–Trinajstić information content (AvgIpc) is 3.01. The Morgan fingerprint density at radius 1 is 1.25 bits per heavy atom. The van der Waals surface area contributed by atoms with Crippen LogP contribution in [0.15, 0.2) is 16.5 Å². The molecule has 1 amide bonds. The summed E-state index contributed by atoms with van der Waals surface area (Å²) < 4.78 is 5.62. The van der Waals surface area contributed by atoms with Gasteiger partial charge in [-0.3, -0.25) is 4.79 Å². The van der Waals surface area contributed by atoms with E-state index in [1.54, 1.807) is 11.3 Å². The van der Waals surface area contributed by atoms with Crippen molar-refractivity contribution in [2.45, 2.75) is 38.8 Å². The van der Waals surface area contributed by atoms with Gasteiger partial charge in [0, 0.05) is 4.88 Å². The maximum Gasteiger partial charge on any atom is 0.256 e. The maximum atomic E-state index is 12.4. The van der Waals surface area contributed by atoms with E-state index in [0.717, 1.165) is 34.9 Å². The molecule has 0 aromatic carbocycles. The van der Waals surface area contributed by atoms with Gasteiger partial charge in [0.2, 0.25) is 0 Å². The Balaban J connectivity index is 1.72. The molecule has 4 rings (SSSR count). The fourth-order valence-electron chi connectivity index (χ4n) is 3.03. The Morgan fingerprint density at radius 3 is 2.90 bits per heavy atom. The Morgan fingerprint density at radius 2 is 2.10 bits per heavy atom. The van der Waals surface area contributed by atoms with E-state index < -0.39 is 0 Å². The first-order valence-corrected chi connectivity index (χ1v) is 7.82. The van der Waals surface area contributed by atoms with E-state index in [0.29, 0.717) is 0 Å². The fourth-order valence-corrected chi connectivity index (χ4v) is 4.34. The van der Waals surface area contributed by atoms with Crippen molar-refractivity contribution in [1.29, 1.82) is 0 Å². The van der Waals surface area contributed by atoms with Crippen molar-refractivity contribution in [2.24, 2.45) is 0 Å². The van der Waals surface area contributed by atoms with Gasteiger partial charge >= 0.3 is 0 Å². The summed E-state index contributed by atoms with van der Waals surface area (Å²) >= 11 is 1.73. The number of amides is 1. The van der Waals surface area contributed by atoms with Gasteiger partial charge in [-0.25, -0.2) is 0 Å². The summed E-state index contributed by atoms with van der Waals surface area (Å²) in [6.07, 6.45) is 4.29. The summed E-state index contributed by atoms with van der Waals surface area (Å²) in [6, 6.07) is 3.82. The minimum atomic E-state index is -0.260. The smallest absolute Gasteiger partial charge is 0.256 e. The van der Waals surface area contributed by atoms with Crippen molar-refractivity contribution in [3.05, 3.63) is 39.7 Å². The SMILES string of the molecule is Cc1ccc([C@@H]2NC(=O)c3c(sc4c3CCCC4)N2)o1. The molecule has 2 aromatic heterocycles. The largest absolute Gasteiger partial charge is 0.462 e. The number of carbonyl (C=O) groups excluding carboxylic acids is 1. The molecule has 5 heteroatoms. The first-order valence-electron chi connectivity index (χ1n) is 7.00. The van der Waals surface area contributed by atoms with E-state index in [9.17, 15) is 4.79 Å². The van der Waals surface area contributed by atoms with Gasteiger partial charge in [0.1, 0.15) is 16.5 Å². The fraction of sp³-hybridized carbons (Fsp3) is 0.400. The molecule has 1 aliphatic carbocycles. The van der Waals surface area contributed by atoms with E-state index in [2.05, 4.69) is 10.6 Å². The maximum absolute atomic E-state index is 12.4. The molecule has 0 fully saturated rings. The van der Waals surface area contributed by atoms with Crippen LogP contribution in [0.1, 0.15) is 51.3 Å². The molecule has 0 radical (unpaired) electrons. The van der Waals surface area contributed by atoms with Crippen molar-refractivity contribution >= 4 is 22.2 Å². The molecule has 0 unspecified atom stereocenters. The number of hydrogen-bond donors (Lipinski definition) is 2. The predicted molar refractivity (Wildman–Crippen MR) is 78.2 cm³/mol. The number of nitrogens with one attached hydrogen (secondary N) is 2. The third kappa shape index (κ3) is 1.77. The van der Waals surface area contributed by atoms with Crippen LogP contribution in [-0.4, -0.2) is 5.91 Å². The molecule has 104 valence electrons. The van der Waals surface area contributed by atoms with Gasteiger partial charge in [-0.1, -0.05) is 0 Å². The highest BCUT2D eigenvalue weighted by atomic mass is 32.1. The predicted octanol–water partition coefficient (Wildman–Crippen LogP) is 3.38. The van der Waals surface area contributed by atoms with Gasteiger partial charge in [-0.15, -0.1) is 11.3 Å². The van der Waals surface area contributed by atoms with Gasteiger partial charge in [-0.05, 0) is 50.3 Å². The van der Waals surface area contributed by atoms with Gasteiger partial charge < -0.3 is 15.1 Å². The van der Waals surface area contributed by atoms with Gasteiger partial charge in [-0.2, -0.15) is 0 Å². The monoisotopic (exact) mass is 288 g/mol. The standard InChI is InChI=1S/C15H16N2O2S/c1-8-6-7-10(19-8)13-16-14(18)12-9-4-2-3-5-11(9)20-15(12)17-13/h6-7,13,17H,2-5H2,1H3,(H,16,18)/t13-/m1/s1. The minimum absolute atomic E-state index is 0.0252. The van der Waals surface area contributed by atoms with E-state index in [4.69, 9.17) is 4.42 Å². The summed E-state index contributed by atoms with van der Waals surface area (Å²) in [6.45, 7) is 1.91. The molecule has 3 heterocycles. The molecule has 0 saturated carbocycles. The van der Waals surface area contributed by atoms with Crippen molar-refractivity contribution in [1.82, 2.24) is 5.32 Å². The summed E-state index contributed by atoms with van der Waals surface area (Å²) in [5.41, 5.74) is 2.12. The highest BCUT2D eigenvalue weighted by Gasteiger charge is 2.32. The zero-order chi connectivity index (χ0) is 13.7. The molecule has 4 nitrogen and oxygen atoms in total. The van der Waals surface area contributed by atoms with Crippen LogP contribution in [0.2, 0.25) is 0 Å². The lowest BCUT2D eigenvalue weighted by Crippen LogP contribution is -2.38.